The molecule has 4 heterocycles. The molecule has 7 nitrogen and oxygen atoms in total. The summed E-state index contributed by atoms with van der Waals surface area (Å²) in [7, 11) is 0. The lowest BCUT2D eigenvalue weighted by atomic mass is 10.0. The van der Waals surface area contributed by atoms with E-state index in [0.717, 1.165) is 27.7 Å². The zero-order valence-electron chi connectivity index (χ0n) is 17.3. The van der Waals surface area contributed by atoms with Crippen LogP contribution in [0.25, 0.3) is 55.7 Å². The van der Waals surface area contributed by atoms with Crippen LogP contribution in [0, 0.1) is 0 Å². The molecule has 0 saturated heterocycles. The van der Waals surface area contributed by atoms with Crippen LogP contribution in [0.1, 0.15) is 0 Å². The second kappa shape index (κ2) is 7.72. The van der Waals surface area contributed by atoms with Crippen LogP contribution >= 0.6 is 0 Å². The Balaban J connectivity index is 1.64. The van der Waals surface area contributed by atoms with Crippen LogP contribution in [0.3, 0.4) is 0 Å². The molecule has 156 valence electrons. The van der Waals surface area contributed by atoms with Crippen LogP contribution in [-0.2, 0) is 0 Å². The minimum Gasteiger partial charge on any atom is -0.305 e. The van der Waals surface area contributed by atoms with Gasteiger partial charge in [0, 0.05) is 40.7 Å². The van der Waals surface area contributed by atoms with Gasteiger partial charge in [0.2, 0.25) is 0 Å². The minimum absolute atomic E-state index is 0.268. The largest absolute Gasteiger partial charge is 0.305 e. The molecular formula is C26H16N6O. The van der Waals surface area contributed by atoms with Crippen molar-refractivity contribution in [1.82, 2.24) is 29.9 Å². The molecular weight excluding hydrogens is 412 g/mol. The summed E-state index contributed by atoms with van der Waals surface area (Å²) >= 11 is 0. The van der Waals surface area contributed by atoms with Gasteiger partial charge in [0.15, 0.2) is 5.65 Å². The lowest BCUT2D eigenvalue weighted by Gasteiger charge is -2.12. The summed E-state index contributed by atoms with van der Waals surface area (Å²) in [6.07, 6.45) is 6.41. The van der Waals surface area contributed by atoms with Crippen LogP contribution in [0.5, 0.6) is 0 Å². The maximum atomic E-state index is 12.8. The summed E-state index contributed by atoms with van der Waals surface area (Å²) in [6.45, 7) is 0. The van der Waals surface area contributed by atoms with E-state index in [1.54, 1.807) is 24.7 Å². The van der Waals surface area contributed by atoms with Gasteiger partial charge in [-0.2, -0.15) is 0 Å². The van der Waals surface area contributed by atoms with Gasteiger partial charge in [0.25, 0.3) is 5.56 Å². The van der Waals surface area contributed by atoms with Gasteiger partial charge in [-0.25, -0.2) is 19.9 Å². The molecule has 0 unspecified atom stereocenters. The van der Waals surface area contributed by atoms with Gasteiger partial charge in [0.05, 0.1) is 22.5 Å². The average Bonchev–Trinajstić information content (AvgIpc) is 2.88. The van der Waals surface area contributed by atoms with E-state index in [4.69, 9.17) is 9.97 Å². The number of hydrogen-bond donors (Lipinski definition) is 1. The molecule has 2 aromatic carbocycles. The van der Waals surface area contributed by atoms with Crippen molar-refractivity contribution >= 4 is 22.1 Å². The number of nitrogens with one attached hydrogen (secondary N) is 1. The lowest BCUT2D eigenvalue weighted by Crippen LogP contribution is -2.11. The Morgan fingerprint density at radius 3 is 2.36 bits per heavy atom. The number of pyridine rings is 2. The normalized spacial score (nSPS) is 11.2. The van der Waals surface area contributed by atoms with E-state index >= 15 is 0 Å². The van der Waals surface area contributed by atoms with Crippen molar-refractivity contribution in [2.45, 2.75) is 0 Å². The SMILES string of the molecule is O=c1[nH]c2nc(-c3ccccc3)c(-c3ccc4ncccc4c3)nc2cc1-c1cncnc1. The number of hydrogen-bond acceptors (Lipinski definition) is 6. The summed E-state index contributed by atoms with van der Waals surface area (Å²) in [5.41, 5.74) is 5.95. The van der Waals surface area contributed by atoms with Crippen molar-refractivity contribution in [3.05, 3.63) is 102 Å². The quantitative estimate of drug-likeness (QED) is 0.440. The molecule has 0 saturated carbocycles. The molecule has 4 aromatic heterocycles. The standard InChI is InChI=1S/C26H16N6O/c33-26-20(19-13-27-15-28-14-19)12-22-25(32-26)31-23(16-5-2-1-3-6-16)24(30-22)18-8-9-21-17(11-18)7-4-10-29-21/h1-15H,(H,31,32,33). The van der Waals surface area contributed by atoms with Crippen LogP contribution in [0.2, 0.25) is 0 Å². The van der Waals surface area contributed by atoms with E-state index in [0.29, 0.717) is 28.0 Å². The highest BCUT2D eigenvalue weighted by Gasteiger charge is 2.16. The van der Waals surface area contributed by atoms with Crippen LogP contribution in [0.4, 0.5) is 0 Å². The molecule has 33 heavy (non-hydrogen) atoms. The van der Waals surface area contributed by atoms with E-state index in [1.807, 2.05) is 54.6 Å². The molecule has 7 heteroatoms. The molecule has 6 rings (SSSR count). The van der Waals surface area contributed by atoms with Crippen LogP contribution < -0.4 is 5.56 Å². The van der Waals surface area contributed by atoms with Crippen molar-refractivity contribution in [3.8, 4) is 33.6 Å². The topological polar surface area (TPSA) is 97.3 Å². The number of aromatic nitrogens is 6. The molecule has 0 atom stereocenters. The third-order valence-electron chi connectivity index (χ3n) is 5.48. The van der Waals surface area contributed by atoms with E-state index in [9.17, 15) is 4.79 Å². The Labute approximate surface area is 187 Å². The van der Waals surface area contributed by atoms with Gasteiger partial charge >= 0.3 is 0 Å². The first-order valence-corrected chi connectivity index (χ1v) is 10.4. The monoisotopic (exact) mass is 428 g/mol. The second-order valence-electron chi connectivity index (χ2n) is 7.57. The number of benzene rings is 2. The Morgan fingerprint density at radius 2 is 1.52 bits per heavy atom. The predicted molar refractivity (Wildman–Crippen MR) is 127 cm³/mol. The van der Waals surface area contributed by atoms with Gasteiger partial charge in [-0.3, -0.25) is 9.78 Å². The van der Waals surface area contributed by atoms with Gasteiger partial charge in [-0.05, 0) is 24.3 Å². The van der Waals surface area contributed by atoms with Gasteiger partial charge < -0.3 is 4.98 Å². The van der Waals surface area contributed by atoms with Crippen LogP contribution in [0.15, 0.2) is 96.4 Å². The highest BCUT2D eigenvalue weighted by atomic mass is 16.1. The Bertz CT molecular complexity index is 1680. The van der Waals surface area contributed by atoms with Crippen molar-refractivity contribution in [2.75, 3.05) is 0 Å². The van der Waals surface area contributed by atoms with Crippen molar-refractivity contribution < 1.29 is 0 Å². The zero-order valence-corrected chi connectivity index (χ0v) is 17.3. The summed E-state index contributed by atoms with van der Waals surface area (Å²) in [6, 6.07) is 21.5. The molecule has 6 aromatic rings. The average molecular weight is 428 g/mol. The Morgan fingerprint density at radius 1 is 0.697 bits per heavy atom. The summed E-state index contributed by atoms with van der Waals surface area (Å²) in [5, 5.41) is 1.01. The van der Waals surface area contributed by atoms with Crippen molar-refractivity contribution in [1.29, 1.82) is 0 Å². The van der Waals surface area contributed by atoms with Crippen molar-refractivity contribution in [2.24, 2.45) is 0 Å². The fourth-order valence-electron chi connectivity index (χ4n) is 3.89. The Kier molecular flexibility index (Phi) is 4.43. The third kappa shape index (κ3) is 3.41. The zero-order chi connectivity index (χ0) is 22.2. The predicted octanol–water partition coefficient (Wildman–Crippen LogP) is 4.66. The van der Waals surface area contributed by atoms with E-state index < -0.39 is 0 Å². The lowest BCUT2D eigenvalue weighted by molar-refractivity contribution is 1.15. The fraction of sp³-hybridized carbons (Fsp3) is 0. The van der Waals surface area contributed by atoms with Crippen molar-refractivity contribution in [3.63, 3.8) is 0 Å². The highest BCUT2D eigenvalue weighted by Crippen LogP contribution is 2.32. The molecule has 0 bridgehead atoms. The number of aromatic amines is 1. The summed E-state index contributed by atoms with van der Waals surface area (Å²) < 4.78 is 0. The minimum atomic E-state index is -0.268. The van der Waals surface area contributed by atoms with Gasteiger partial charge in [-0.1, -0.05) is 42.5 Å². The second-order valence-corrected chi connectivity index (χ2v) is 7.57. The smallest absolute Gasteiger partial charge is 0.257 e. The molecule has 0 fully saturated rings. The van der Waals surface area contributed by atoms with Gasteiger partial charge in [0.1, 0.15) is 11.8 Å². The first-order valence-electron chi connectivity index (χ1n) is 10.4. The highest BCUT2D eigenvalue weighted by molar-refractivity contribution is 5.90. The van der Waals surface area contributed by atoms with E-state index in [-0.39, 0.29) is 5.56 Å². The first-order chi connectivity index (χ1) is 16.3. The molecule has 0 radical (unpaired) electrons. The summed E-state index contributed by atoms with van der Waals surface area (Å²) in [4.78, 5) is 37.9. The number of fused-ring (bicyclic) bond motifs is 2. The van der Waals surface area contributed by atoms with Crippen LogP contribution in [-0.4, -0.2) is 29.9 Å². The summed E-state index contributed by atoms with van der Waals surface area (Å²) in [5.74, 6) is 0. The molecule has 0 amide bonds. The maximum Gasteiger partial charge on any atom is 0.257 e. The molecule has 0 aliphatic heterocycles. The fourth-order valence-corrected chi connectivity index (χ4v) is 3.89. The first kappa shape index (κ1) is 18.9. The molecule has 0 aliphatic carbocycles. The molecule has 1 N–H and O–H groups in total. The van der Waals surface area contributed by atoms with Gasteiger partial charge in [-0.15, -0.1) is 0 Å². The number of rotatable bonds is 3. The molecule has 0 aliphatic rings. The molecule has 0 spiro atoms. The number of H-pyrrole nitrogens is 1. The Hall–Kier alpha value is -4.78. The van der Waals surface area contributed by atoms with E-state index in [2.05, 4.69) is 26.0 Å². The number of nitrogens with zero attached hydrogens (tertiary/aromatic N) is 5. The van der Waals surface area contributed by atoms with E-state index in [1.165, 1.54) is 6.33 Å². The third-order valence-corrected chi connectivity index (χ3v) is 5.48. The maximum absolute atomic E-state index is 12.8.